The van der Waals surface area contributed by atoms with E-state index in [9.17, 15) is 14.0 Å². The third-order valence-electron chi connectivity index (χ3n) is 2.90. The Morgan fingerprint density at radius 3 is 2.25 bits per heavy atom. The maximum atomic E-state index is 12.8. The number of nitrogens with zero attached hydrogens (tertiary/aromatic N) is 1. The summed E-state index contributed by atoms with van der Waals surface area (Å²) in [7, 11) is 0. The lowest BCUT2D eigenvalue weighted by Crippen LogP contribution is -2.47. The fraction of sp³-hybridized carbons (Fsp3) is 0.429. The Hall–Kier alpha value is -2.11. The van der Waals surface area contributed by atoms with Gasteiger partial charge in [0, 0.05) is 6.04 Å². The third-order valence-corrected chi connectivity index (χ3v) is 2.90. The Balaban J connectivity index is 2.72. The Morgan fingerprint density at radius 2 is 1.80 bits per heavy atom. The van der Waals surface area contributed by atoms with E-state index < -0.39 is 12.0 Å². The van der Waals surface area contributed by atoms with Crippen molar-refractivity contribution in [2.24, 2.45) is 0 Å². The van der Waals surface area contributed by atoms with Crippen LogP contribution in [0.25, 0.3) is 0 Å². The van der Waals surface area contributed by atoms with Crippen LogP contribution in [0.4, 0.5) is 9.18 Å². The molecule has 0 saturated heterocycles. The van der Waals surface area contributed by atoms with E-state index in [1.165, 1.54) is 17.0 Å². The number of benzene rings is 1. The molecule has 2 N–H and O–H groups in total. The summed E-state index contributed by atoms with van der Waals surface area (Å²) in [6.45, 7) is 4.88. The van der Waals surface area contributed by atoms with Gasteiger partial charge in [0.15, 0.2) is 0 Å². The van der Waals surface area contributed by atoms with Gasteiger partial charge in [0.2, 0.25) is 0 Å². The lowest BCUT2D eigenvalue weighted by atomic mass is 10.1. The van der Waals surface area contributed by atoms with E-state index in [-0.39, 0.29) is 24.4 Å². The van der Waals surface area contributed by atoms with Crippen LogP contribution in [0.1, 0.15) is 32.4 Å². The van der Waals surface area contributed by atoms with E-state index in [1.54, 1.807) is 32.9 Å². The quantitative estimate of drug-likeness (QED) is 0.871. The highest BCUT2D eigenvalue weighted by atomic mass is 19.1. The molecular formula is C14H19FN2O3. The molecule has 0 bridgehead atoms. The van der Waals surface area contributed by atoms with Crippen molar-refractivity contribution in [3.05, 3.63) is 35.6 Å². The summed E-state index contributed by atoms with van der Waals surface area (Å²) in [6.07, 6.45) is 0. The minimum atomic E-state index is -1.07. The molecular weight excluding hydrogens is 263 g/mol. The van der Waals surface area contributed by atoms with Gasteiger partial charge in [0.05, 0.1) is 6.04 Å². The van der Waals surface area contributed by atoms with Gasteiger partial charge in [0.25, 0.3) is 0 Å². The summed E-state index contributed by atoms with van der Waals surface area (Å²) >= 11 is 0. The second-order valence-electron chi connectivity index (χ2n) is 4.84. The number of carboxylic acid groups (broad SMARTS) is 1. The van der Waals surface area contributed by atoms with Crippen LogP contribution in [0.2, 0.25) is 0 Å². The van der Waals surface area contributed by atoms with Crippen LogP contribution < -0.4 is 5.32 Å². The first kappa shape index (κ1) is 15.9. The monoisotopic (exact) mass is 282 g/mol. The lowest BCUT2D eigenvalue weighted by molar-refractivity contribution is -0.138. The summed E-state index contributed by atoms with van der Waals surface area (Å²) in [5, 5.41) is 11.5. The molecule has 0 aromatic heterocycles. The van der Waals surface area contributed by atoms with E-state index in [0.717, 1.165) is 5.56 Å². The normalized spacial score (nSPS) is 12.1. The molecule has 0 aliphatic carbocycles. The van der Waals surface area contributed by atoms with E-state index in [4.69, 9.17) is 5.11 Å². The van der Waals surface area contributed by atoms with Crippen LogP contribution in [0.15, 0.2) is 24.3 Å². The smallest absolute Gasteiger partial charge is 0.323 e. The van der Waals surface area contributed by atoms with Gasteiger partial charge in [0.1, 0.15) is 12.4 Å². The summed E-state index contributed by atoms with van der Waals surface area (Å²) < 4.78 is 12.8. The van der Waals surface area contributed by atoms with Crippen molar-refractivity contribution in [2.45, 2.75) is 32.9 Å². The average molecular weight is 282 g/mol. The maximum Gasteiger partial charge on any atom is 0.323 e. The van der Waals surface area contributed by atoms with Crippen molar-refractivity contribution >= 4 is 12.0 Å². The number of carbonyl (C=O) groups is 2. The number of hydrogen-bond donors (Lipinski definition) is 2. The average Bonchev–Trinajstić information content (AvgIpc) is 2.35. The van der Waals surface area contributed by atoms with Crippen LogP contribution in [0, 0.1) is 5.82 Å². The van der Waals surface area contributed by atoms with E-state index in [1.807, 2.05) is 0 Å². The predicted octanol–water partition coefficient (Wildman–Crippen LogP) is 2.39. The maximum absolute atomic E-state index is 12.8. The number of aliphatic carboxylic acids is 1. The zero-order valence-corrected chi connectivity index (χ0v) is 11.8. The zero-order valence-electron chi connectivity index (χ0n) is 11.8. The summed E-state index contributed by atoms with van der Waals surface area (Å²) in [6, 6.07) is 4.77. The molecule has 5 nitrogen and oxygen atoms in total. The first-order chi connectivity index (χ1) is 9.31. The Bertz CT molecular complexity index is 474. The molecule has 20 heavy (non-hydrogen) atoms. The van der Waals surface area contributed by atoms with Crippen LogP contribution in [0.5, 0.6) is 0 Å². The third kappa shape index (κ3) is 4.53. The Kier molecular flexibility index (Phi) is 5.49. The molecule has 0 saturated carbocycles. The number of rotatable bonds is 5. The summed E-state index contributed by atoms with van der Waals surface area (Å²) in [5.41, 5.74) is 0.749. The van der Waals surface area contributed by atoms with E-state index in [2.05, 4.69) is 5.32 Å². The fourth-order valence-corrected chi connectivity index (χ4v) is 1.74. The van der Waals surface area contributed by atoms with Gasteiger partial charge >= 0.3 is 12.0 Å². The molecule has 0 heterocycles. The SMILES string of the molecule is CC(NC(=O)N(CC(=O)O)C(C)C)c1ccc(F)cc1. The molecule has 1 aromatic rings. The van der Waals surface area contributed by atoms with Crippen molar-refractivity contribution < 1.29 is 19.1 Å². The molecule has 1 atom stereocenters. The molecule has 0 fully saturated rings. The van der Waals surface area contributed by atoms with Crippen molar-refractivity contribution in [1.82, 2.24) is 10.2 Å². The first-order valence-electron chi connectivity index (χ1n) is 6.35. The van der Waals surface area contributed by atoms with Crippen molar-refractivity contribution in [3.63, 3.8) is 0 Å². The van der Waals surface area contributed by atoms with Crippen molar-refractivity contribution in [2.75, 3.05) is 6.54 Å². The minimum absolute atomic E-state index is 0.230. The molecule has 1 rings (SSSR count). The largest absolute Gasteiger partial charge is 0.480 e. The topological polar surface area (TPSA) is 69.6 Å². The molecule has 0 aliphatic rings. The molecule has 1 aromatic carbocycles. The van der Waals surface area contributed by atoms with Gasteiger partial charge in [-0.25, -0.2) is 9.18 Å². The highest BCUT2D eigenvalue weighted by Gasteiger charge is 2.21. The number of halogens is 1. The van der Waals surface area contributed by atoms with Gasteiger partial charge in [-0.3, -0.25) is 4.79 Å². The van der Waals surface area contributed by atoms with Gasteiger partial charge in [-0.05, 0) is 38.5 Å². The highest BCUT2D eigenvalue weighted by molar-refractivity contribution is 5.80. The van der Waals surface area contributed by atoms with Crippen LogP contribution in [0.3, 0.4) is 0 Å². The summed E-state index contributed by atoms with van der Waals surface area (Å²) in [5.74, 6) is -1.41. The van der Waals surface area contributed by atoms with Gasteiger partial charge in [-0.2, -0.15) is 0 Å². The fourth-order valence-electron chi connectivity index (χ4n) is 1.74. The van der Waals surface area contributed by atoms with Gasteiger partial charge < -0.3 is 15.3 Å². The molecule has 0 spiro atoms. The Labute approximate surface area is 117 Å². The molecule has 0 radical (unpaired) electrons. The number of nitrogens with one attached hydrogen (secondary N) is 1. The standard InChI is InChI=1S/C14H19FN2O3/c1-9(2)17(8-13(18)19)14(20)16-10(3)11-4-6-12(15)7-5-11/h4-7,9-10H,8H2,1-3H3,(H,16,20)(H,18,19). The molecule has 1 unspecified atom stereocenters. The minimum Gasteiger partial charge on any atom is -0.480 e. The molecule has 0 aliphatic heterocycles. The molecule has 2 amide bonds. The van der Waals surface area contributed by atoms with Crippen LogP contribution >= 0.6 is 0 Å². The highest BCUT2D eigenvalue weighted by Crippen LogP contribution is 2.13. The second-order valence-corrected chi connectivity index (χ2v) is 4.84. The number of urea groups is 1. The van der Waals surface area contributed by atoms with Crippen molar-refractivity contribution in [1.29, 1.82) is 0 Å². The molecule has 110 valence electrons. The first-order valence-corrected chi connectivity index (χ1v) is 6.35. The number of hydrogen-bond acceptors (Lipinski definition) is 2. The van der Waals surface area contributed by atoms with Crippen molar-refractivity contribution in [3.8, 4) is 0 Å². The number of amides is 2. The predicted molar refractivity (Wildman–Crippen MR) is 72.8 cm³/mol. The van der Waals surface area contributed by atoms with Gasteiger partial charge in [-0.15, -0.1) is 0 Å². The number of carbonyl (C=O) groups excluding carboxylic acids is 1. The Morgan fingerprint density at radius 1 is 1.25 bits per heavy atom. The molecule has 6 heteroatoms. The lowest BCUT2D eigenvalue weighted by Gasteiger charge is -2.27. The van der Waals surface area contributed by atoms with Gasteiger partial charge in [-0.1, -0.05) is 12.1 Å². The summed E-state index contributed by atoms with van der Waals surface area (Å²) in [4.78, 5) is 24.0. The van der Waals surface area contributed by atoms with Crippen LogP contribution in [-0.2, 0) is 4.79 Å². The van der Waals surface area contributed by atoms with E-state index >= 15 is 0 Å². The van der Waals surface area contributed by atoms with Crippen LogP contribution in [-0.4, -0.2) is 34.6 Å². The van der Waals surface area contributed by atoms with E-state index in [0.29, 0.717) is 0 Å². The number of carboxylic acids is 1. The second kappa shape index (κ2) is 6.88. The zero-order chi connectivity index (χ0) is 15.3.